The van der Waals surface area contributed by atoms with E-state index >= 15 is 0 Å². The van der Waals surface area contributed by atoms with Crippen molar-refractivity contribution < 1.29 is 22.5 Å². The number of methoxy groups -OCH3 is 1. The Labute approximate surface area is 223 Å². The Hall–Kier alpha value is -3.54. The van der Waals surface area contributed by atoms with E-state index in [1.165, 1.54) is 7.11 Å². The molecule has 2 aromatic heterocycles. The maximum absolute atomic E-state index is 13.1. The van der Waals surface area contributed by atoms with Gasteiger partial charge in [-0.3, -0.25) is 4.79 Å². The molecule has 0 saturated carbocycles. The summed E-state index contributed by atoms with van der Waals surface area (Å²) in [6.45, 7) is 8.85. The molecule has 1 fully saturated rings. The number of likely N-dealkylation sites (N-methyl/N-ethyl adjacent to an activating group) is 1. The highest BCUT2D eigenvalue weighted by Gasteiger charge is 2.28. The minimum atomic E-state index is -3.73. The van der Waals surface area contributed by atoms with E-state index in [2.05, 4.69) is 25.0 Å². The van der Waals surface area contributed by atoms with Crippen molar-refractivity contribution in [3.05, 3.63) is 52.6 Å². The molecule has 204 valence electrons. The average molecular weight is 543 g/mol. The predicted octanol–water partition coefficient (Wildman–Crippen LogP) is 2.75. The van der Waals surface area contributed by atoms with E-state index in [0.29, 0.717) is 16.9 Å². The smallest absolute Gasteiger partial charge is 0.236 e. The molecule has 0 radical (unpaired) electrons. The lowest BCUT2D eigenvalue weighted by molar-refractivity contribution is -0.132. The van der Waals surface area contributed by atoms with Crippen molar-refractivity contribution in [2.75, 3.05) is 32.1 Å². The molecule has 4 rings (SSSR count). The fraction of sp³-hybridized carbons (Fsp3) is 0.500. The number of ether oxygens (including phenoxy) is 1. The van der Waals surface area contributed by atoms with Crippen LogP contribution in [0.25, 0.3) is 0 Å². The first-order valence-electron chi connectivity index (χ1n) is 12.5. The van der Waals surface area contributed by atoms with Gasteiger partial charge in [0.2, 0.25) is 11.8 Å². The molecule has 1 aliphatic rings. The molecule has 0 aliphatic carbocycles. The number of anilines is 1. The van der Waals surface area contributed by atoms with Crippen molar-refractivity contribution >= 4 is 21.6 Å². The summed E-state index contributed by atoms with van der Waals surface area (Å²) in [6.07, 6.45) is 1.52. The molecule has 0 atom stereocenters. The van der Waals surface area contributed by atoms with Crippen molar-refractivity contribution in [1.29, 1.82) is 0 Å². The highest BCUT2D eigenvalue weighted by molar-refractivity contribution is 7.90. The zero-order chi connectivity index (χ0) is 27.6. The van der Waals surface area contributed by atoms with Gasteiger partial charge >= 0.3 is 0 Å². The Kier molecular flexibility index (Phi) is 8.00. The summed E-state index contributed by atoms with van der Waals surface area (Å²) in [4.78, 5) is 30.2. The Morgan fingerprint density at radius 1 is 1.08 bits per heavy atom. The van der Waals surface area contributed by atoms with Gasteiger partial charge in [-0.1, -0.05) is 5.16 Å². The van der Waals surface area contributed by atoms with Gasteiger partial charge in [0.15, 0.2) is 15.7 Å². The minimum Gasteiger partial charge on any atom is -0.497 e. The molecule has 1 amide bonds. The normalized spacial score (nSPS) is 14.5. The number of piperidine rings is 1. The van der Waals surface area contributed by atoms with E-state index in [-0.39, 0.29) is 35.0 Å². The number of carbonyl (C=O) groups is 1. The number of amides is 1. The predicted molar refractivity (Wildman–Crippen MR) is 141 cm³/mol. The van der Waals surface area contributed by atoms with Crippen LogP contribution in [0.2, 0.25) is 0 Å². The van der Waals surface area contributed by atoms with Gasteiger partial charge in [0.05, 0.1) is 12.0 Å². The zero-order valence-corrected chi connectivity index (χ0v) is 23.5. The van der Waals surface area contributed by atoms with Crippen LogP contribution in [-0.2, 0) is 26.8 Å². The summed E-state index contributed by atoms with van der Waals surface area (Å²) in [6, 6.07) is 5.41. The van der Waals surface area contributed by atoms with Crippen LogP contribution in [0, 0.1) is 27.7 Å². The van der Waals surface area contributed by atoms with Crippen molar-refractivity contribution in [3.63, 3.8) is 0 Å². The summed E-state index contributed by atoms with van der Waals surface area (Å²) in [5, 5.41) is 3.82. The topological polar surface area (TPSA) is 132 Å². The Morgan fingerprint density at radius 2 is 1.74 bits per heavy atom. The average Bonchev–Trinajstić information content (AvgIpc) is 3.28. The van der Waals surface area contributed by atoms with Crippen molar-refractivity contribution in [3.8, 4) is 5.75 Å². The van der Waals surface area contributed by atoms with Gasteiger partial charge < -0.3 is 19.1 Å². The number of hydrogen-bond acceptors (Lipinski definition) is 10. The fourth-order valence-electron chi connectivity index (χ4n) is 4.98. The molecule has 0 bridgehead atoms. The second-order valence-corrected chi connectivity index (χ2v) is 11.7. The Morgan fingerprint density at radius 3 is 2.34 bits per heavy atom. The number of carbonyl (C=O) groups excluding carboxylic acids is 1. The molecule has 38 heavy (non-hydrogen) atoms. The van der Waals surface area contributed by atoms with Gasteiger partial charge in [0.25, 0.3) is 0 Å². The molecular formula is C26H34N6O5S. The second-order valence-electron chi connectivity index (χ2n) is 9.77. The SMILES string of the molecule is COc1cc(C)c(S(=O)(=O)Cc2noc(CC(=O)N(C)C3CCN(c4cc(C)nc(C)n4)CC3)n2)c(C)c1. The molecule has 11 nitrogen and oxygen atoms in total. The van der Waals surface area contributed by atoms with E-state index < -0.39 is 15.6 Å². The first-order chi connectivity index (χ1) is 18.0. The van der Waals surface area contributed by atoms with E-state index in [9.17, 15) is 13.2 Å². The Bertz CT molecular complexity index is 1390. The summed E-state index contributed by atoms with van der Waals surface area (Å²) in [7, 11) is -0.421. The Balaban J connectivity index is 1.35. The summed E-state index contributed by atoms with van der Waals surface area (Å²) in [5.41, 5.74) is 2.10. The number of nitrogens with zero attached hydrogens (tertiary/aromatic N) is 6. The third-order valence-corrected chi connectivity index (χ3v) is 8.70. The van der Waals surface area contributed by atoms with Gasteiger partial charge in [-0.2, -0.15) is 4.98 Å². The van der Waals surface area contributed by atoms with Crippen LogP contribution in [0.5, 0.6) is 5.75 Å². The summed E-state index contributed by atoms with van der Waals surface area (Å²) < 4.78 is 36.7. The first kappa shape index (κ1) is 27.5. The van der Waals surface area contributed by atoms with Gasteiger partial charge in [0, 0.05) is 37.9 Å². The number of hydrogen-bond donors (Lipinski definition) is 0. The molecule has 1 aliphatic heterocycles. The summed E-state index contributed by atoms with van der Waals surface area (Å²) >= 11 is 0. The van der Waals surface area contributed by atoms with Gasteiger partial charge in [-0.25, -0.2) is 18.4 Å². The van der Waals surface area contributed by atoms with Gasteiger partial charge in [-0.05, 0) is 63.8 Å². The number of benzene rings is 1. The quantitative estimate of drug-likeness (QED) is 0.418. The van der Waals surface area contributed by atoms with Crippen LogP contribution in [0.4, 0.5) is 5.82 Å². The van der Waals surface area contributed by atoms with Crippen LogP contribution in [0.15, 0.2) is 27.6 Å². The van der Waals surface area contributed by atoms with E-state index in [1.54, 1.807) is 37.9 Å². The monoisotopic (exact) mass is 542 g/mol. The maximum atomic E-state index is 13.1. The minimum absolute atomic E-state index is 0.0221. The highest BCUT2D eigenvalue weighted by atomic mass is 32.2. The lowest BCUT2D eigenvalue weighted by Crippen LogP contribution is -2.46. The van der Waals surface area contributed by atoms with Crippen LogP contribution < -0.4 is 9.64 Å². The highest BCUT2D eigenvalue weighted by Crippen LogP contribution is 2.28. The number of aromatic nitrogens is 4. The van der Waals surface area contributed by atoms with Crippen molar-refractivity contribution in [1.82, 2.24) is 25.0 Å². The third kappa shape index (κ3) is 6.12. The zero-order valence-electron chi connectivity index (χ0n) is 22.7. The van der Waals surface area contributed by atoms with Crippen LogP contribution >= 0.6 is 0 Å². The van der Waals surface area contributed by atoms with Crippen LogP contribution in [0.3, 0.4) is 0 Å². The third-order valence-electron chi connectivity index (χ3n) is 6.79. The number of aryl methyl sites for hydroxylation is 4. The molecule has 12 heteroatoms. The van der Waals surface area contributed by atoms with Crippen LogP contribution in [0.1, 0.15) is 47.2 Å². The van der Waals surface area contributed by atoms with E-state index in [4.69, 9.17) is 9.26 Å². The standard InChI is InChI=1S/C26H34N6O5S/c1-16-11-21(36-6)12-17(2)26(16)38(34,35)15-22-29-24(37-30-22)14-25(33)31(5)20-7-9-32(10-8-20)23-13-18(3)27-19(4)28-23/h11-13,20H,7-10,14-15H2,1-6H3. The maximum Gasteiger partial charge on any atom is 0.236 e. The van der Waals surface area contributed by atoms with Gasteiger partial charge in [0.1, 0.15) is 29.6 Å². The molecule has 0 spiro atoms. The molecule has 1 aromatic carbocycles. The second kappa shape index (κ2) is 11.1. The molecule has 3 aromatic rings. The number of rotatable bonds is 8. The first-order valence-corrected chi connectivity index (χ1v) is 14.1. The summed E-state index contributed by atoms with van der Waals surface area (Å²) in [5.74, 6) is 1.79. The molecule has 3 heterocycles. The largest absolute Gasteiger partial charge is 0.497 e. The fourth-order valence-corrected chi connectivity index (χ4v) is 6.68. The molecular weight excluding hydrogens is 508 g/mol. The molecule has 0 unspecified atom stereocenters. The van der Waals surface area contributed by atoms with E-state index in [1.807, 2.05) is 19.9 Å². The van der Waals surface area contributed by atoms with Gasteiger partial charge in [-0.15, -0.1) is 0 Å². The van der Waals surface area contributed by atoms with Crippen molar-refractivity contribution in [2.24, 2.45) is 0 Å². The van der Waals surface area contributed by atoms with Crippen LogP contribution in [-0.4, -0.2) is 72.6 Å². The molecule has 1 saturated heterocycles. The van der Waals surface area contributed by atoms with E-state index in [0.717, 1.165) is 43.3 Å². The van der Waals surface area contributed by atoms with Crippen molar-refractivity contribution in [2.45, 2.75) is 63.6 Å². The lowest BCUT2D eigenvalue weighted by Gasteiger charge is -2.37. The number of sulfone groups is 1. The lowest BCUT2D eigenvalue weighted by atomic mass is 10.0. The molecule has 0 N–H and O–H groups in total.